The molecule has 0 aliphatic carbocycles. The van der Waals surface area contributed by atoms with Crippen molar-refractivity contribution in [3.63, 3.8) is 0 Å². The Morgan fingerprint density at radius 2 is 2.29 bits per heavy atom. The number of thioether (sulfide) groups is 1. The van der Waals surface area contributed by atoms with Crippen LogP contribution in [0.5, 0.6) is 5.75 Å². The highest BCUT2D eigenvalue weighted by Gasteiger charge is 2.31. The Hall–Kier alpha value is -1.76. The summed E-state index contributed by atoms with van der Waals surface area (Å²) < 4.78 is 18.3. The molecule has 0 radical (unpaired) electrons. The van der Waals surface area contributed by atoms with Crippen LogP contribution >= 0.6 is 11.8 Å². The zero-order valence-corrected chi connectivity index (χ0v) is 12.1. The number of aliphatic carboxylic acids is 1. The Morgan fingerprint density at radius 1 is 1.48 bits per heavy atom. The maximum Gasteiger partial charge on any atom is 0.327 e. The number of carbonyl (C=O) groups is 2. The molecule has 0 bridgehead atoms. The van der Waals surface area contributed by atoms with Gasteiger partial charge < -0.3 is 14.7 Å². The van der Waals surface area contributed by atoms with E-state index in [-0.39, 0.29) is 18.9 Å². The smallest absolute Gasteiger partial charge is 0.327 e. The van der Waals surface area contributed by atoms with Crippen LogP contribution in [0.3, 0.4) is 0 Å². The molecular weight excluding hydrogens is 297 g/mol. The third kappa shape index (κ3) is 4.35. The third-order valence-corrected chi connectivity index (χ3v) is 4.14. The lowest BCUT2D eigenvalue weighted by Gasteiger charge is -2.32. The van der Waals surface area contributed by atoms with Gasteiger partial charge in [0.2, 0.25) is 5.91 Å². The van der Waals surface area contributed by atoms with Gasteiger partial charge in [0.1, 0.15) is 17.6 Å². The van der Waals surface area contributed by atoms with Gasteiger partial charge in [-0.1, -0.05) is 6.07 Å². The molecule has 21 heavy (non-hydrogen) atoms. The molecule has 7 heteroatoms. The topological polar surface area (TPSA) is 66.8 Å². The zero-order chi connectivity index (χ0) is 15.2. The van der Waals surface area contributed by atoms with E-state index in [4.69, 9.17) is 9.84 Å². The number of hydrogen-bond acceptors (Lipinski definition) is 4. The summed E-state index contributed by atoms with van der Waals surface area (Å²) in [7, 11) is 0. The first-order chi connectivity index (χ1) is 10.1. The predicted octanol–water partition coefficient (Wildman–Crippen LogP) is 1.62. The number of carboxylic acids is 1. The minimum Gasteiger partial charge on any atom is -0.493 e. The fraction of sp³-hybridized carbons (Fsp3) is 0.429. The molecule has 1 heterocycles. The highest BCUT2D eigenvalue weighted by atomic mass is 32.2. The van der Waals surface area contributed by atoms with Crippen LogP contribution in [-0.4, -0.2) is 52.6 Å². The van der Waals surface area contributed by atoms with E-state index in [1.165, 1.54) is 34.9 Å². The molecule has 114 valence electrons. The van der Waals surface area contributed by atoms with Crippen molar-refractivity contribution >= 4 is 23.6 Å². The van der Waals surface area contributed by atoms with Crippen molar-refractivity contribution < 1.29 is 23.8 Å². The fourth-order valence-corrected chi connectivity index (χ4v) is 3.10. The van der Waals surface area contributed by atoms with E-state index >= 15 is 0 Å². The maximum absolute atomic E-state index is 13.0. The summed E-state index contributed by atoms with van der Waals surface area (Å²) >= 11 is 1.53. The first kappa shape index (κ1) is 15.6. The molecule has 1 aromatic rings. The first-order valence-electron chi connectivity index (χ1n) is 6.56. The molecule has 1 aliphatic rings. The molecule has 5 nitrogen and oxygen atoms in total. The average molecular weight is 313 g/mol. The van der Waals surface area contributed by atoms with Crippen LogP contribution in [0.4, 0.5) is 4.39 Å². The lowest BCUT2D eigenvalue weighted by Crippen LogP contribution is -2.50. The molecule has 0 aromatic heterocycles. The van der Waals surface area contributed by atoms with Crippen molar-refractivity contribution in [2.75, 3.05) is 24.7 Å². The van der Waals surface area contributed by atoms with Crippen molar-refractivity contribution in [3.05, 3.63) is 30.1 Å². The van der Waals surface area contributed by atoms with Crippen molar-refractivity contribution in [2.45, 2.75) is 12.5 Å². The standard InChI is InChI=1S/C14H16FNO4S/c15-10-2-1-3-11(8-10)20-6-4-13(17)16-5-7-21-9-12(16)14(18)19/h1-3,8,12H,4-7,9H2,(H,18,19). The van der Waals surface area contributed by atoms with Gasteiger partial charge in [-0.2, -0.15) is 11.8 Å². The second-order valence-electron chi connectivity index (χ2n) is 4.57. The molecule has 0 spiro atoms. The lowest BCUT2D eigenvalue weighted by atomic mass is 10.2. The van der Waals surface area contributed by atoms with Crippen molar-refractivity contribution in [2.24, 2.45) is 0 Å². The summed E-state index contributed by atoms with van der Waals surface area (Å²) in [6.07, 6.45) is 0.0744. The molecule has 1 atom stereocenters. The number of hydrogen-bond donors (Lipinski definition) is 1. The van der Waals surface area contributed by atoms with E-state index < -0.39 is 17.8 Å². The predicted molar refractivity (Wildman–Crippen MR) is 77.0 cm³/mol. The number of halogens is 1. The molecule has 1 aromatic carbocycles. The zero-order valence-electron chi connectivity index (χ0n) is 11.3. The summed E-state index contributed by atoms with van der Waals surface area (Å²) in [6, 6.07) is 4.90. The molecule has 1 amide bonds. The van der Waals surface area contributed by atoms with E-state index in [9.17, 15) is 14.0 Å². The van der Waals surface area contributed by atoms with Crippen molar-refractivity contribution in [3.8, 4) is 5.75 Å². The summed E-state index contributed by atoms with van der Waals surface area (Å²) in [5.41, 5.74) is 0. The number of ether oxygens (including phenoxy) is 1. The van der Waals surface area contributed by atoms with E-state index in [2.05, 4.69) is 0 Å². The number of nitrogens with zero attached hydrogens (tertiary/aromatic N) is 1. The van der Waals surface area contributed by atoms with Gasteiger partial charge in [0, 0.05) is 24.1 Å². The first-order valence-corrected chi connectivity index (χ1v) is 7.72. The second-order valence-corrected chi connectivity index (χ2v) is 5.72. The minimum atomic E-state index is -0.985. The number of carbonyl (C=O) groups excluding carboxylic acids is 1. The van der Waals surface area contributed by atoms with Crippen LogP contribution < -0.4 is 4.74 Å². The van der Waals surface area contributed by atoms with Crippen LogP contribution in [0.15, 0.2) is 24.3 Å². The normalized spacial score (nSPS) is 18.3. The van der Waals surface area contributed by atoms with E-state index in [0.29, 0.717) is 18.0 Å². The van der Waals surface area contributed by atoms with Gasteiger partial charge in [0.15, 0.2) is 0 Å². The number of benzene rings is 1. The Bertz CT molecular complexity index is 525. The summed E-state index contributed by atoms with van der Waals surface area (Å²) in [4.78, 5) is 24.6. The molecule has 2 rings (SSSR count). The summed E-state index contributed by atoms with van der Waals surface area (Å²) in [5.74, 6) is -0.142. The van der Waals surface area contributed by atoms with E-state index in [1.54, 1.807) is 6.07 Å². The molecule has 1 unspecified atom stereocenters. The lowest BCUT2D eigenvalue weighted by molar-refractivity contribution is -0.149. The molecule has 0 saturated carbocycles. The molecule has 1 fully saturated rings. The van der Waals surface area contributed by atoms with Crippen LogP contribution in [0.25, 0.3) is 0 Å². The van der Waals surface area contributed by atoms with E-state index in [1.807, 2.05) is 0 Å². The maximum atomic E-state index is 13.0. The molecule has 1 N–H and O–H groups in total. The van der Waals surface area contributed by atoms with Gasteiger partial charge in [-0.3, -0.25) is 4.79 Å². The molecule has 1 saturated heterocycles. The molecular formula is C14H16FNO4S. The van der Waals surface area contributed by atoms with Gasteiger partial charge in [-0.15, -0.1) is 0 Å². The second kappa shape index (κ2) is 7.31. The highest BCUT2D eigenvalue weighted by Crippen LogP contribution is 2.18. The van der Waals surface area contributed by atoms with E-state index in [0.717, 1.165) is 5.75 Å². The fourth-order valence-electron chi connectivity index (χ4n) is 2.06. The van der Waals surface area contributed by atoms with Crippen LogP contribution in [-0.2, 0) is 9.59 Å². The van der Waals surface area contributed by atoms with Crippen molar-refractivity contribution in [1.29, 1.82) is 0 Å². The Balaban J connectivity index is 1.84. The largest absolute Gasteiger partial charge is 0.493 e. The number of carboxylic acid groups (broad SMARTS) is 1. The summed E-state index contributed by atoms with van der Waals surface area (Å²) in [6.45, 7) is 0.526. The average Bonchev–Trinajstić information content (AvgIpc) is 2.47. The van der Waals surface area contributed by atoms with Gasteiger partial charge >= 0.3 is 5.97 Å². The Morgan fingerprint density at radius 3 is 3.00 bits per heavy atom. The number of rotatable bonds is 5. The summed E-state index contributed by atoms with van der Waals surface area (Å²) in [5, 5.41) is 9.11. The Labute approximate surface area is 126 Å². The van der Waals surface area contributed by atoms with Gasteiger partial charge in [-0.25, -0.2) is 9.18 Å². The van der Waals surface area contributed by atoms with Gasteiger partial charge in [-0.05, 0) is 12.1 Å². The quantitative estimate of drug-likeness (QED) is 0.895. The Kier molecular flexibility index (Phi) is 5.44. The van der Waals surface area contributed by atoms with Crippen molar-refractivity contribution in [1.82, 2.24) is 4.90 Å². The highest BCUT2D eigenvalue weighted by molar-refractivity contribution is 7.99. The minimum absolute atomic E-state index is 0.0744. The molecule has 1 aliphatic heterocycles. The van der Waals surface area contributed by atoms with Crippen LogP contribution in [0, 0.1) is 5.82 Å². The number of amides is 1. The van der Waals surface area contributed by atoms with Gasteiger partial charge in [0.25, 0.3) is 0 Å². The SMILES string of the molecule is O=C(O)C1CSCCN1C(=O)CCOc1cccc(F)c1. The monoisotopic (exact) mass is 313 g/mol. The third-order valence-electron chi connectivity index (χ3n) is 3.11. The van der Waals surface area contributed by atoms with Gasteiger partial charge in [0.05, 0.1) is 13.0 Å². The van der Waals surface area contributed by atoms with Crippen LogP contribution in [0.2, 0.25) is 0 Å². The van der Waals surface area contributed by atoms with Crippen LogP contribution in [0.1, 0.15) is 6.42 Å².